The zero-order valence-electron chi connectivity index (χ0n) is 11.9. The van der Waals surface area contributed by atoms with E-state index in [9.17, 15) is 5.11 Å². The van der Waals surface area contributed by atoms with Gasteiger partial charge in [-0.25, -0.2) is 4.98 Å². The highest BCUT2D eigenvalue weighted by atomic mass is 35.5. The van der Waals surface area contributed by atoms with Crippen molar-refractivity contribution in [2.75, 3.05) is 0 Å². The number of fused-ring (bicyclic) bond motifs is 1. The second kappa shape index (κ2) is 5.59. The molecule has 7 heteroatoms. The number of rotatable bonds is 2. The van der Waals surface area contributed by atoms with E-state index >= 15 is 0 Å². The summed E-state index contributed by atoms with van der Waals surface area (Å²) in [5, 5.41) is 19.6. The Kier molecular flexibility index (Phi) is 3.76. The molecule has 5 nitrogen and oxygen atoms in total. The van der Waals surface area contributed by atoms with Crippen molar-refractivity contribution in [3.8, 4) is 5.88 Å². The molecule has 0 aliphatic heterocycles. The molecule has 2 heterocycles. The molecular formula is C15H12Cl2N4O. The highest BCUT2D eigenvalue weighted by Gasteiger charge is 2.13. The molecule has 2 N–H and O–H groups in total. The molecule has 0 atom stereocenters. The standard InChI is InChI=1S/C15H12Cl2N4O/c1-7-3-4-10-12(8(7)2)19-15(22)13(10)20-21-14-11(17)5-9(16)6-18-14/h3-6,19,22H,1-2H3. The lowest BCUT2D eigenvalue weighted by Crippen LogP contribution is -1.81. The number of nitrogens with one attached hydrogen (secondary N) is 1. The maximum atomic E-state index is 10.1. The van der Waals surface area contributed by atoms with Crippen LogP contribution in [0.25, 0.3) is 10.9 Å². The first-order valence-corrected chi connectivity index (χ1v) is 7.26. The lowest BCUT2D eigenvalue weighted by molar-refractivity contribution is 0.459. The molecule has 2 aromatic heterocycles. The first-order chi connectivity index (χ1) is 10.5. The van der Waals surface area contributed by atoms with E-state index < -0.39 is 0 Å². The van der Waals surface area contributed by atoms with Crippen LogP contribution in [0.1, 0.15) is 11.1 Å². The number of aromatic hydroxyl groups is 1. The Morgan fingerprint density at radius 3 is 2.68 bits per heavy atom. The Hall–Kier alpha value is -2.11. The van der Waals surface area contributed by atoms with Gasteiger partial charge in [-0.2, -0.15) is 0 Å². The van der Waals surface area contributed by atoms with Gasteiger partial charge in [0, 0.05) is 11.6 Å². The number of azo groups is 1. The Balaban J connectivity index is 2.09. The van der Waals surface area contributed by atoms with Gasteiger partial charge in [0.2, 0.25) is 5.88 Å². The first kappa shape index (κ1) is 14.8. The van der Waals surface area contributed by atoms with Gasteiger partial charge in [-0.1, -0.05) is 35.3 Å². The minimum absolute atomic E-state index is 0.0439. The predicted octanol–water partition coefficient (Wildman–Crippen LogP) is 5.61. The van der Waals surface area contributed by atoms with Crippen molar-refractivity contribution in [3.63, 3.8) is 0 Å². The molecule has 0 amide bonds. The van der Waals surface area contributed by atoms with Crippen LogP contribution in [0.2, 0.25) is 10.0 Å². The Morgan fingerprint density at radius 2 is 1.95 bits per heavy atom. The summed E-state index contributed by atoms with van der Waals surface area (Å²) in [5.41, 5.74) is 3.36. The molecule has 0 saturated carbocycles. The summed E-state index contributed by atoms with van der Waals surface area (Å²) in [6, 6.07) is 5.39. The number of aromatic amines is 1. The third-order valence-corrected chi connectivity index (χ3v) is 3.98. The van der Waals surface area contributed by atoms with Crippen LogP contribution in [0, 0.1) is 13.8 Å². The lowest BCUT2D eigenvalue weighted by atomic mass is 10.1. The Bertz CT molecular complexity index is 902. The van der Waals surface area contributed by atoms with Crippen LogP contribution in [0.5, 0.6) is 5.88 Å². The van der Waals surface area contributed by atoms with Crippen LogP contribution in [-0.2, 0) is 0 Å². The first-order valence-electron chi connectivity index (χ1n) is 6.51. The van der Waals surface area contributed by atoms with Crippen molar-refractivity contribution >= 4 is 45.6 Å². The number of nitrogens with zero attached hydrogens (tertiary/aromatic N) is 3. The second-order valence-electron chi connectivity index (χ2n) is 4.91. The zero-order valence-corrected chi connectivity index (χ0v) is 13.4. The molecule has 1 aromatic carbocycles. The molecule has 0 aliphatic rings. The molecule has 22 heavy (non-hydrogen) atoms. The van der Waals surface area contributed by atoms with E-state index in [1.165, 1.54) is 12.3 Å². The molecule has 0 aliphatic carbocycles. The van der Waals surface area contributed by atoms with E-state index in [2.05, 4.69) is 20.2 Å². The molecular weight excluding hydrogens is 323 g/mol. The summed E-state index contributed by atoms with van der Waals surface area (Å²) in [6.07, 6.45) is 1.43. The molecule has 3 rings (SSSR count). The minimum atomic E-state index is -0.0439. The van der Waals surface area contributed by atoms with E-state index in [0.717, 1.165) is 22.0 Å². The third-order valence-electron chi connectivity index (χ3n) is 3.49. The van der Waals surface area contributed by atoms with Gasteiger partial charge in [-0.15, -0.1) is 10.2 Å². The number of pyridine rings is 1. The highest BCUT2D eigenvalue weighted by molar-refractivity contribution is 6.35. The van der Waals surface area contributed by atoms with E-state index in [1.807, 2.05) is 26.0 Å². The van der Waals surface area contributed by atoms with Crippen LogP contribution in [0.4, 0.5) is 11.5 Å². The van der Waals surface area contributed by atoms with Gasteiger partial charge in [-0.3, -0.25) is 0 Å². The van der Waals surface area contributed by atoms with Gasteiger partial charge in [0.1, 0.15) is 0 Å². The normalized spacial score (nSPS) is 11.6. The fourth-order valence-corrected chi connectivity index (χ4v) is 2.58. The molecule has 0 saturated heterocycles. The smallest absolute Gasteiger partial charge is 0.218 e. The maximum absolute atomic E-state index is 10.1. The topological polar surface area (TPSA) is 73.6 Å². The quantitative estimate of drug-likeness (QED) is 0.598. The van der Waals surface area contributed by atoms with E-state index in [-0.39, 0.29) is 11.7 Å². The number of hydrogen-bond acceptors (Lipinski definition) is 4. The number of aromatic nitrogens is 2. The summed E-state index contributed by atoms with van der Waals surface area (Å²) < 4.78 is 0. The summed E-state index contributed by atoms with van der Waals surface area (Å²) in [6.45, 7) is 3.98. The minimum Gasteiger partial charge on any atom is -0.493 e. The number of benzene rings is 1. The van der Waals surface area contributed by atoms with Crippen LogP contribution < -0.4 is 0 Å². The molecule has 0 fully saturated rings. The van der Waals surface area contributed by atoms with Crippen molar-refractivity contribution in [1.82, 2.24) is 9.97 Å². The van der Waals surface area contributed by atoms with Gasteiger partial charge in [0.05, 0.1) is 15.6 Å². The Labute approximate surface area is 136 Å². The molecule has 0 radical (unpaired) electrons. The number of halogens is 2. The van der Waals surface area contributed by atoms with Crippen LogP contribution in [0.15, 0.2) is 34.6 Å². The Morgan fingerprint density at radius 1 is 1.18 bits per heavy atom. The van der Waals surface area contributed by atoms with Gasteiger partial charge < -0.3 is 10.1 Å². The van der Waals surface area contributed by atoms with Gasteiger partial charge in [0.25, 0.3) is 0 Å². The molecule has 0 unspecified atom stereocenters. The van der Waals surface area contributed by atoms with Crippen LogP contribution in [0.3, 0.4) is 0 Å². The van der Waals surface area contributed by atoms with Crippen molar-refractivity contribution in [3.05, 3.63) is 45.6 Å². The fourth-order valence-electron chi connectivity index (χ4n) is 2.16. The van der Waals surface area contributed by atoms with Crippen molar-refractivity contribution < 1.29 is 5.11 Å². The van der Waals surface area contributed by atoms with E-state index in [4.69, 9.17) is 23.2 Å². The van der Waals surface area contributed by atoms with Gasteiger partial charge in [-0.05, 0) is 31.0 Å². The zero-order chi connectivity index (χ0) is 15.9. The van der Waals surface area contributed by atoms with Gasteiger partial charge in [0.15, 0.2) is 11.5 Å². The number of aryl methyl sites for hydroxylation is 2. The average molecular weight is 335 g/mol. The van der Waals surface area contributed by atoms with Crippen molar-refractivity contribution in [2.24, 2.45) is 10.2 Å². The fraction of sp³-hybridized carbons (Fsp3) is 0.133. The predicted molar refractivity (Wildman–Crippen MR) is 87.9 cm³/mol. The third kappa shape index (κ3) is 2.53. The molecule has 112 valence electrons. The highest BCUT2D eigenvalue weighted by Crippen LogP contribution is 2.38. The lowest BCUT2D eigenvalue weighted by Gasteiger charge is -2.00. The maximum Gasteiger partial charge on any atom is 0.218 e. The summed E-state index contributed by atoms with van der Waals surface area (Å²) in [4.78, 5) is 6.93. The molecule has 3 aromatic rings. The monoisotopic (exact) mass is 334 g/mol. The SMILES string of the molecule is Cc1ccc2c(N=Nc3ncc(Cl)cc3Cl)c(O)[nH]c2c1C. The largest absolute Gasteiger partial charge is 0.493 e. The van der Waals surface area contributed by atoms with Crippen molar-refractivity contribution in [1.29, 1.82) is 0 Å². The molecule has 0 bridgehead atoms. The molecule has 0 spiro atoms. The summed E-state index contributed by atoms with van der Waals surface area (Å²) in [5.74, 6) is 0.196. The van der Waals surface area contributed by atoms with Crippen molar-refractivity contribution in [2.45, 2.75) is 13.8 Å². The second-order valence-corrected chi connectivity index (χ2v) is 5.75. The number of hydrogen-bond donors (Lipinski definition) is 2. The van der Waals surface area contributed by atoms with Gasteiger partial charge >= 0.3 is 0 Å². The van der Waals surface area contributed by atoms with Crippen LogP contribution >= 0.6 is 23.2 Å². The summed E-state index contributed by atoms with van der Waals surface area (Å²) >= 11 is 11.8. The van der Waals surface area contributed by atoms with E-state index in [0.29, 0.717) is 15.7 Å². The van der Waals surface area contributed by atoms with E-state index in [1.54, 1.807) is 0 Å². The number of H-pyrrole nitrogens is 1. The average Bonchev–Trinajstić information content (AvgIpc) is 2.79. The summed E-state index contributed by atoms with van der Waals surface area (Å²) in [7, 11) is 0. The van der Waals surface area contributed by atoms with Crippen LogP contribution in [-0.4, -0.2) is 15.1 Å².